The van der Waals surface area contributed by atoms with Crippen LogP contribution in [0.15, 0.2) is 48.5 Å². The van der Waals surface area contributed by atoms with E-state index in [4.69, 9.17) is 26.3 Å². The Morgan fingerprint density at radius 3 is 2.76 bits per heavy atom. The Balaban J connectivity index is 1.44. The highest BCUT2D eigenvalue weighted by molar-refractivity contribution is 6.30. The summed E-state index contributed by atoms with van der Waals surface area (Å²) >= 11 is 6.14. The third kappa shape index (κ3) is 4.01. The molecule has 2 aromatic carbocycles. The van der Waals surface area contributed by atoms with Crippen molar-refractivity contribution in [3.05, 3.63) is 70.5 Å². The first-order valence-electron chi connectivity index (χ1n) is 10.0. The number of benzene rings is 2. The highest BCUT2D eigenvalue weighted by Crippen LogP contribution is 2.40. The molecule has 5 rings (SSSR count). The lowest BCUT2D eigenvalue weighted by Crippen LogP contribution is -2.31. The summed E-state index contributed by atoms with van der Waals surface area (Å²) in [6.45, 7) is 1.77. The number of nitrogens with one attached hydrogen (secondary N) is 1. The van der Waals surface area contributed by atoms with Crippen molar-refractivity contribution in [3.63, 3.8) is 0 Å². The number of fused-ring (bicyclic) bond motifs is 1. The van der Waals surface area contributed by atoms with Crippen LogP contribution in [0.1, 0.15) is 35.7 Å². The molecule has 148 valence electrons. The second-order valence-corrected chi connectivity index (χ2v) is 8.12. The summed E-state index contributed by atoms with van der Waals surface area (Å²) in [7, 11) is 1.71. The molecule has 0 bridgehead atoms. The quantitative estimate of drug-likeness (QED) is 0.621. The highest BCUT2D eigenvalue weighted by atomic mass is 35.5. The van der Waals surface area contributed by atoms with Gasteiger partial charge in [-0.25, -0.2) is 9.97 Å². The minimum absolute atomic E-state index is 0.483. The van der Waals surface area contributed by atoms with Crippen molar-refractivity contribution in [1.82, 2.24) is 9.97 Å². The Labute approximate surface area is 175 Å². The standard InChI is InChI=1S/C23H23ClN4O/c1-29-20-8-7-17-14-28(10-9-16(17)11-20)22-13-21(26-23(27-22)15-5-6-15)25-19-4-2-3-18(24)12-19/h2-4,7-8,11-13,15H,5-6,9-10,14H2,1H3,(H,25,26,27). The molecule has 2 heterocycles. The fraction of sp³-hybridized carbons (Fsp3) is 0.304. The zero-order valence-electron chi connectivity index (χ0n) is 16.4. The van der Waals surface area contributed by atoms with Crippen LogP contribution in [-0.4, -0.2) is 23.6 Å². The fourth-order valence-corrected chi connectivity index (χ4v) is 3.96. The zero-order valence-corrected chi connectivity index (χ0v) is 17.1. The van der Waals surface area contributed by atoms with E-state index < -0.39 is 0 Å². The van der Waals surface area contributed by atoms with Crippen LogP contribution >= 0.6 is 11.6 Å². The Morgan fingerprint density at radius 2 is 1.97 bits per heavy atom. The average Bonchev–Trinajstić information content (AvgIpc) is 3.58. The van der Waals surface area contributed by atoms with Crippen LogP contribution in [0.4, 0.5) is 17.3 Å². The molecular weight excluding hydrogens is 384 g/mol. The van der Waals surface area contributed by atoms with Crippen LogP contribution < -0.4 is 15.0 Å². The molecule has 3 aromatic rings. The van der Waals surface area contributed by atoms with Gasteiger partial charge < -0.3 is 15.0 Å². The second-order valence-electron chi connectivity index (χ2n) is 7.69. The average molecular weight is 407 g/mol. The maximum absolute atomic E-state index is 6.14. The first kappa shape index (κ1) is 18.3. The third-order valence-electron chi connectivity index (χ3n) is 5.52. The fourth-order valence-electron chi connectivity index (χ4n) is 3.77. The van der Waals surface area contributed by atoms with E-state index in [-0.39, 0.29) is 0 Å². The topological polar surface area (TPSA) is 50.3 Å². The van der Waals surface area contributed by atoms with Gasteiger partial charge in [0.2, 0.25) is 0 Å². The Kier molecular flexibility index (Phi) is 4.76. The molecule has 1 aromatic heterocycles. The lowest BCUT2D eigenvalue weighted by molar-refractivity contribution is 0.413. The minimum Gasteiger partial charge on any atom is -0.497 e. The Morgan fingerprint density at radius 1 is 1.07 bits per heavy atom. The highest BCUT2D eigenvalue weighted by Gasteiger charge is 2.28. The van der Waals surface area contributed by atoms with Crippen molar-refractivity contribution in [2.24, 2.45) is 0 Å². The van der Waals surface area contributed by atoms with Gasteiger partial charge in [0.05, 0.1) is 7.11 Å². The van der Waals surface area contributed by atoms with Crippen molar-refractivity contribution >= 4 is 28.9 Å². The van der Waals surface area contributed by atoms with E-state index in [2.05, 4.69) is 22.3 Å². The third-order valence-corrected chi connectivity index (χ3v) is 5.75. The van der Waals surface area contributed by atoms with E-state index in [0.29, 0.717) is 10.9 Å². The van der Waals surface area contributed by atoms with Gasteiger partial charge >= 0.3 is 0 Å². The molecule has 0 saturated heterocycles. The van der Waals surface area contributed by atoms with Gasteiger partial charge in [0.15, 0.2) is 0 Å². The molecule has 0 amide bonds. The molecule has 0 atom stereocenters. The monoisotopic (exact) mass is 406 g/mol. The van der Waals surface area contributed by atoms with Gasteiger partial charge in [0.25, 0.3) is 0 Å². The molecule has 1 fully saturated rings. The number of aromatic nitrogens is 2. The summed E-state index contributed by atoms with van der Waals surface area (Å²) in [4.78, 5) is 12.0. The van der Waals surface area contributed by atoms with Crippen molar-refractivity contribution in [2.45, 2.75) is 31.7 Å². The molecule has 29 heavy (non-hydrogen) atoms. The van der Waals surface area contributed by atoms with Crippen molar-refractivity contribution in [2.75, 3.05) is 23.9 Å². The van der Waals surface area contributed by atoms with Crippen molar-refractivity contribution in [3.8, 4) is 5.75 Å². The van der Waals surface area contributed by atoms with Gasteiger partial charge in [0.1, 0.15) is 23.2 Å². The number of methoxy groups -OCH3 is 1. The van der Waals surface area contributed by atoms with E-state index in [1.54, 1.807) is 7.11 Å². The second kappa shape index (κ2) is 7.56. The summed E-state index contributed by atoms with van der Waals surface area (Å²) in [5, 5.41) is 4.11. The number of hydrogen-bond donors (Lipinski definition) is 1. The summed E-state index contributed by atoms with van der Waals surface area (Å²) in [6, 6.07) is 16.1. The Bertz CT molecular complexity index is 1050. The molecule has 6 heteroatoms. The number of ether oxygens (including phenoxy) is 1. The minimum atomic E-state index is 0.483. The smallest absolute Gasteiger partial charge is 0.136 e. The normalized spacial score (nSPS) is 15.7. The lowest BCUT2D eigenvalue weighted by Gasteiger charge is -2.30. The predicted octanol–water partition coefficient (Wildman–Crippen LogP) is 5.32. The summed E-state index contributed by atoms with van der Waals surface area (Å²) in [5.41, 5.74) is 3.61. The number of halogens is 1. The number of anilines is 3. The van der Waals surface area contributed by atoms with Gasteiger partial charge in [-0.05, 0) is 60.7 Å². The molecule has 0 radical (unpaired) electrons. The van der Waals surface area contributed by atoms with Crippen LogP contribution in [0.5, 0.6) is 5.75 Å². The van der Waals surface area contributed by atoms with Gasteiger partial charge in [0, 0.05) is 35.8 Å². The van der Waals surface area contributed by atoms with Crippen molar-refractivity contribution in [1.29, 1.82) is 0 Å². The number of hydrogen-bond acceptors (Lipinski definition) is 5. The molecule has 0 unspecified atom stereocenters. The zero-order chi connectivity index (χ0) is 19.8. The number of rotatable bonds is 5. The van der Waals surface area contributed by atoms with E-state index in [9.17, 15) is 0 Å². The maximum atomic E-state index is 6.14. The summed E-state index contributed by atoms with van der Waals surface area (Å²) < 4.78 is 5.37. The molecule has 0 spiro atoms. The van der Waals surface area contributed by atoms with Crippen LogP contribution in [0.25, 0.3) is 0 Å². The molecule has 2 aliphatic rings. The van der Waals surface area contributed by atoms with E-state index >= 15 is 0 Å². The van der Waals surface area contributed by atoms with Gasteiger partial charge in [-0.3, -0.25) is 0 Å². The molecule has 1 N–H and O–H groups in total. The largest absolute Gasteiger partial charge is 0.497 e. The summed E-state index contributed by atoms with van der Waals surface area (Å²) in [5.74, 6) is 4.14. The number of nitrogens with zero attached hydrogens (tertiary/aromatic N) is 3. The molecular formula is C23H23ClN4O. The first-order chi connectivity index (χ1) is 14.2. The first-order valence-corrected chi connectivity index (χ1v) is 10.4. The van der Waals surface area contributed by atoms with Crippen LogP contribution in [0.2, 0.25) is 5.02 Å². The maximum Gasteiger partial charge on any atom is 0.136 e. The molecule has 1 saturated carbocycles. The van der Waals surface area contributed by atoms with Gasteiger partial charge in [-0.15, -0.1) is 0 Å². The SMILES string of the molecule is COc1ccc2c(c1)CCN(c1cc(Nc3cccc(Cl)c3)nc(C3CC3)n1)C2. The van der Waals surface area contributed by atoms with E-state index in [1.807, 2.05) is 36.4 Å². The van der Waals surface area contributed by atoms with Crippen LogP contribution in [-0.2, 0) is 13.0 Å². The van der Waals surface area contributed by atoms with Crippen LogP contribution in [0, 0.1) is 0 Å². The lowest BCUT2D eigenvalue weighted by atomic mass is 9.99. The Hall–Kier alpha value is -2.79. The molecule has 5 nitrogen and oxygen atoms in total. The van der Waals surface area contributed by atoms with E-state index in [0.717, 1.165) is 48.4 Å². The molecule has 1 aliphatic carbocycles. The van der Waals surface area contributed by atoms with Crippen LogP contribution in [0.3, 0.4) is 0 Å². The predicted molar refractivity (Wildman–Crippen MR) is 116 cm³/mol. The van der Waals surface area contributed by atoms with E-state index in [1.165, 1.54) is 24.0 Å². The van der Waals surface area contributed by atoms with Crippen molar-refractivity contribution < 1.29 is 4.74 Å². The van der Waals surface area contributed by atoms with Gasteiger partial charge in [-0.2, -0.15) is 0 Å². The molecule has 1 aliphatic heterocycles. The summed E-state index contributed by atoms with van der Waals surface area (Å²) in [6.07, 6.45) is 3.32. The van der Waals surface area contributed by atoms with Gasteiger partial charge in [-0.1, -0.05) is 23.7 Å².